The quantitative estimate of drug-likeness (QED) is 0.699. The zero-order valence-corrected chi connectivity index (χ0v) is 11.7. The van der Waals surface area contributed by atoms with Gasteiger partial charge in [0.1, 0.15) is 0 Å². The van der Waals surface area contributed by atoms with E-state index in [0.717, 1.165) is 18.1 Å². The third-order valence-electron chi connectivity index (χ3n) is 2.59. The number of amides is 2. The van der Waals surface area contributed by atoms with E-state index in [0.29, 0.717) is 18.2 Å². The SMILES string of the molecule is CC(C)CCNC(=O)Nc1ccc(C=CC(=O)O)cc1. The molecule has 0 spiro atoms. The average molecular weight is 276 g/mol. The number of hydrogen-bond acceptors (Lipinski definition) is 2. The molecular weight excluding hydrogens is 256 g/mol. The largest absolute Gasteiger partial charge is 0.478 e. The Balaban J connectivity index is 2.44. The van der Waals surface area contributed by atoms with Gasteiger partial charge in [-0.2, -0.15) is 0 Å². The van der Waals surface area contributed by atoms with Gasteiger partial charge in [0.15, 0.2) is 0 Å². The molecule has 0 fully saturated rings. The summed E-state index contributed by atoms with van der Waals surface area (Å²) in [5.41, 5.74) is 1.43. The summed E-state index contributed by atoms with van der Waals surface area (Å²) in [6.45, 7) is 4.84. The van der Waals surface area contributed by atoms with Crippen LogP contribution >= 0.6 is 0 Å². The standard InChI is InChI=1S/C15H20N2O3/c1-11(2)9-10-16-15(20)17-13-6-3-12(4-7-13)5-8-14(18)19/h3-8,11H,9-10H2,1-2H3,(H,18,19)(H2,16,17,20). The second-order valence-electron chi connectivity index (χ2n) is 4.86. The van der Waals surface area contributed by atoms with Crippen LogP contribution in [0.3, 0.4) is 0 Å². The number of rotatable bonds is 6. The van der Waals surface area contributed by atoms with Crippen LogP contribution in [0.2, 0.25) is 0 Å². The van der Waals surface area contributed by atoms with Crippen LogP contribution in [0.15, 0.2) is 30.3 Å². The maximum atomic E-state index is 11.6. The van der Waals surface area contributed by atoms with Crippen molar-refractivity contribution < 1.29 is 14.7 Å². The monoisotopic (exact) mass is 276 g/mol. The van der Waals surface area contributed by atoms with Crippen LogP contribution in [0.5, 0.6) is 0 Å². The van der Waals surface area contributed by atoms with Gasteiger partial charge in [-0.1, -0.05) is 26.0 Å². The fourth-order valence-corrected chi connectivity index (χ4v) is 1.49. The van der Waals surface area contributed by atoms with Crippen molar-refractivity contribution in [3.63, 3.8) is 0 Å². The van der Waals surface area contributed by atoms with Crippen molar-refractivity contribution in [3.8, 4) is 0 Å². The van der Waals surface area contributed by atoms with Gasteiger partial charge in [-0.15, -0.1) is 0 Å². The lowest BCUT2D eigenvalue weighted by atomic mass is 10.1. The molecule has 0 aromatic heterocycles. The normalized spacial score (nSPS) is 10.8. The van der Waals surface area contributed by atoms with E-state index >= 15 is 0 Å². The van der Waals surface area contributed by atoms with Crippen molar-refractivity contribution in [2.75, 3.05) is 11.9 Å². The Hall–Kier alpha value is -2.30. The molecule has 0 heterocycles. The van der Waals surface area contributed by atoms with Crippen LogP contribution < -0.4 is 10.6 Å². The average Bonchev–Trinajstić information content (AvgIpc) is 2.37. The van der Waals surface area contributed by atoms with Gasteiger partial charge >= 0.3 is 12.0 Å². The molecule has 0 aliphatic rings. The van der Waals surface area contributed by atoms with Gasteiger partial charge in [-0.3, -0.25) is 0 Å². The molecule has 20 heavy (non-hydrogen) atoms. The molecule has 0 aliphatic heterocycles. The van der Waals surface area contributed by atoms with E-state index in [1.165, 1.54) is 6.08 Å². The summed E-state index contributed by atoms with van der Waals surface area (Å²) >= 11 is 0. The van der Waals surface area contributed by atoms with Gasteiger partial charge in [0.05, 0.1) is 0 Å². The first-order chi connectivity index (χ1) is 9.47. The van der Waals surface area contributed by atoms with Crippen molar-refractivity contribution in [2.45, 2.75) is 20.3 Å². The molecule has 1 aromatic carbocycles. The maximum Gasteiger partial charge on any atom is 0.328 e. The minimum absolute atomic E-state index is 0.237. The lowest BCUT2D eigenvalue weighted by Gasteiger charge is -2.09. The smallest absolute Gasteiger partial charge is 0.328 e. The fraction of sp³-hybridized carbons (Fsp3) is 0.333. The van der Waals surface area contributed by atoms with Gasteiger partial charge < -0.3 is 15.7 Å². The summed E-state index contributed by atoms with van der Waals surface area (Å²) in [6.07, 6.45) is 3.50. The Morgan fingerprint density at radius 3 is 2.45 bits per heavy atom. The first kappa shape index (κ1) is 15.8. The number of benzene rings is 1. The summed E-state index contributed by atoms with van der Waals surface area (Å²) in [6, 6.07) is 6.69. The van der Waals surface area contributed by atoms with E-state index in [1.807, 2.05) is 0 Å². The molecule has 0 radical (unpaired) electrons. The second-order valence-corrected chi connectivity index (χ2v) is 4.86. The van der Waals surface area contributed by atoms with Crippen molar-refractivity contribution >= 4 is 23.8 Å². The third kappa shape index (κ3) is 6.58. The van der Waals surface area contributed by atoms with Crippen molar-refractivity contribution in [3.05, 3.63) is 35.9 Å². The van der Waals surface area contributed by atoms with Crippen LogP contribution in [0, 0.1) is 5.92 Å². The number of anilines is 1. The first-order valence-corrected chi connectivity index (χ1v) is 6.53. The molecule has 0 unspecified atom stereocenters. The van der Waals surface area contributed by atoms with Crippen LogP contribution in [-0.2, 0) is 4.79 Å². The number of hydrogen-bond donors (Lipinski definition) is 3. The Bertz CT molecular complexity index is 478. The molecule has 3 N–H and O–H groups in total. The molecule has 5 heteroatoms. The van der Waals surface area contributed by atoms with Crippen LogP contribution in [0.1, 0.15) is 25.8 Å². The number of urea groups is 1. The molecule has 0 atom stereocenters. The minimum Gasteiger partial charge on any atom is -0.478 e. The molecule has 0 saturated carbocycles. The molecule has 2 amide bonds. The first-order valence-electron chi connectivity index (χ1n) is 6.53. The summed E-state index contributed by atoms with van der Waals surface area (Å²) in [7, 11) is 0. The second kappa shape index (κ2) is 7.99. The topological polar surface area (TPSA) is 78.4 Å². The Morgan fingerprint density at radius 1 is 1.25 bits per heavy atom. The molecule has 5 nitrogen and oxygen atoms in total. The van der Waals surface area contributed by atoms with E-state index in [1.54, 1.807) is 24.3 Å². The minimum atomic E-state index is -0.989. The highest BCUT2D eigenvalue weighted by Gasteiger charge is 2.01. The maximum absolute atomic E-state index is 11.6. The number of aliphatic carboxylic acids is 1. The van der Waals surface area contributed by atoms with Crippen LogP contribution in [0.25, 0.3) is 6.08 Å². The zero-order chi connectivity index (χ0) is 15.0. The van der Waals surface area contributed by atoms with E-state index in [9.17, 15) is 9.59 Å². The summed E-state index contributed by atoms with van der Waals surface area (Å²) in [4.78, 5) is 22.0. The highest BCUT2D eigenvalue weighted by Crippen LogP contribution is 2.10. The van der Waals surface area contributed by atoms with Crippen molar-refractivity contribution in [1.82, 2.24) is 5.32 Å². The number of carboxylic acids is 1. The number of carbonyl (C=O) groups is 2. The summed E-state index contributed by atoms with van der Waals surface area (Å²) in [5, 5.41) is 14.0. The van der Waals surface area contributed by atoms with E-state index in [4.69, 9.17) is 5.11 Å². The lowest BCUT2D eigenvalue weighted by molar-refractivity contribution is -0.131. The highest BCUT2D eigenvalue weighted by atomic mass is 16.4. The van der Waals surface area contributed by atoms with Gasteiger partial charge in [-0.25, -0.2) is 9.59 Å². The molecule has 1 rings (SSSR count). The number of carboxylic acid groups (broad SMARTS) is 1. The molecule has 1 aromatic rings. The van der Waals surface area contributed by atoms with Gasteiger partial charge in [-0.05, 0) is 36.1 Å². The fourth-order valence-electron chi connectivity index (χ4n) is 1.49. The molecule has 0 aliphatic carbocycles. The Kier molecular flexibility index (Phi) is 6.29. The van der Waals surface area contributed by atoms with Crippen LogP contribution in [0.4, 0.5) is 10.5 Å². The summed E-state index contributed by atoms with van der Waals surface area (Å²) < 4.78 is 0. The third-order valence-corrected chi connectivity index (χ3v) is 2.59. The molecule has 0 bridgehead atoms. The molecule has 108 valence electrons. The van der Waals surface area contributed by atoms with Crippen molar-refractivity contribution in [2.24, 2.45) is 5.92 Å². The molecular formula is C15H20N2O3. The summed E-state index contributed by atoms with van der Waals surface area (Å²) in [5.74, 6) is -0.438. The Morgan fingerprint density at radius 2 is 1.90 bits per heavy atom. The van der Waals surface area contributed by atoms with Crippen molar-refractivity contribution in [1.29, 1.82) is 0 Å². The van der Waals surface area contributed by atoms with Gasteiger partial charge in [0.2, 0.25) is 0 Å². The predicted molar refractivity (Wildman–Crippen MR) is 79.6 cm³/mol. The van der Waals surface area contributed by atoms with E-state index in [2.05, 4.69) is 24.5 Å². The zero-order valence-electron chi connectivity index (χ0n) is 11.7. The van der Waals surface area contributed by atoms with Gasteiger partial charge in [0, 0.05) is 18.3 Å². The predicted octanol–water partition coefficient (Wildman–Crippen LogP) is 2.95. The Labute approximate surface area is 118 Å². The molecule has 0 saturated heterocycles. The highest BCUT2D eigenvalue weighted by molar-refractivity contribution is 5.89. The number of nitrogens with one attached hydrogen (secondary N) is 2. The van der Waals surface area contributed by atoms with Crippen LogP contribution in [-0.4, -0.2) is 23.7 Å². The van der Waals surface area contributed by atoms with E-state index < -0.39 is 5.97 Å². The van der Waals surface area contributed by atoms with E-state index in [-0.39, 0.29) is 6.03 Å². The lowest BCUT2D eigenvalue weighted by Crippen LogP contribution is -2.30. The number of carbonyl (C=O) groups excluding carboxylic acids is 1. The van der Waals surface area contributed by atoms with Gasteiger partial charge in [0.25, 0.3) is 0 Å².